The van der Waals surface area contributed by atoms with Gasteiger partial charge >= 0.3 is 0 Å². The van der Waals surface area contributed by atoms with E-state index in [9.17, 15) is 0 Å². The summed E-state index contributed by atoms with van der Waals surface area (Å²) in [5.74, 6) is 0.790. The third kappa shape index (κ3) is 1.59. The van der Waals surface area contributed by atoms with Crippen molar-refractivity contribution < 1.29 is 0 Å². The first-order chi connectivity index (χ1) is 9.25. The predicted molar refractivity (Wildman–Crippen MR) is 79.6 cm³/mol. The number of para-hydroxylation sites is 1. The summed E-state index contributed by atoms with van der Waals surface area (Å²) in [6.45, 7) is 8.35. The highest BCUT2D eigenvalue weighted by atomic mass is 15.2. The van der Waals surface area contributed by atoms with Gasteiger partial charge in [-0.1, -0.05) is 18.2 Å². The van der Waals surface area contributed by atoms with Crippen LogP contribution >= 0.6 is 0 Å². The fourth-order valence-corrected chi connectivity index (χ4v) is 4.14. The molecule has 0 unspecified atom stereocenters. The van der Waals surface area contributed by atoms with Gasteiger partial charge in [0.25, 0.3) is 0 Å². The number of hydrogen-bond donors (Lipinski definition) is 0. The van der Waals surface area contributed by atoms with Crippen LogP contribution in [0.1, 0.15) is 49.9 Å². The number of rotatable bonds is 1. The fraction of sp³-hybridized carbons (Fsp3) is 0.529. The van der Waals surface area contributed by atoms with Crippen LogP contribution in [0.15, 0.2) is 24.3 Å². The number of piperidine rings is 1. The summed E-state index contributed by atoms with van der Waals surface area (Å²) in [7, 11) is 0. The van der Waals surface area contributed by atoms with Gasteiger partial charge in [0.05, 0.1) is 0 Å². The molecule has 0 radical (unpaired) electrons. The summed E-state index contributed by atoms with van der Waals surface area (Å²) in [6, 6.07) is 9.56. The molecule has 0 N–H and O–H groups in total. The second kappa shape index (κ2) is 4.11. The molecule has 1 aromatic heterocycles. The number of hydrogen-bond acceptors (Lipinski definition) is 1. The van der Waals surface area contributed by atoms with E-state index in [1.807, 2.05) is 0 Å². The van der Waals surface area contributed by atoms with Crippen molar-refractivity contribution in [3.63, 3.8) is 0 Å². The minimum atomic E-state index is 0.548. The Morgan fingerprint density at radius 2 is 1.84 bits per heavy atom. The Morgan fingerprint density at radius 3 is 2.58 bits per heavy atom. The molecule has 2 nitrogen and oxygen atoms in total. The lowest BCUT2D eigenvalue weighted by Gasteiger charge is -2.27. The molecule has 0 amide bonds. The molecule has 3 aliphatic heterocycles. The van der Waals surface area contributed by atoms with E-state index in [1.165, 1.54) is 36.8 Å². The first kappa shape index (κ1) is 11.5. The van der Waals surface area contributed by atoms with Gasteiger partial charge in [-0.15, -0.1) is 0 Å². The largest absolute Gasteiger partial charge is 0.341 e. The molecule has 1 saturated heterocycles. The number of benzene rings is 1. The molecular formula is C17H22N2. The summed E-state index contributed by atoms with van der Waals surface area (Å²) in [5.41, 5.74) is 4.71. The van der Waals surface area contributed by atoms with Crippen molar-refractivity contribution in [2.45, 2.75) is 45.2 Å². The molecule has 4 heterocycles. The lowest BCUT2D eigenvalue weighted by atomic mass is 9.90. The first-order valence-corrected chi connectivity index (χ1v) is 7.59. The molecule has 2 heteroatoms. The molecular weight excluding hydrogens is 232 g/mol. The molecule has 2 bridgehead atoms. The van der Waals surface area contributed by atoms with Crippen LogP contribution in [-0.2, 0) is 6.54 Å². The molecule has 100 valence electrons. The standard InChI is InChI=1S/C17H22N2/c1-12(2)19-15-6-4-3-5-14(15)17-13-7-9-18(10-8-13)11-16(17)19/h3-6,12-13H,7-11H2,1-2H3. The third-order valence-corrected chi connectivity index (χ3v) is 4.94. The van der Waals surface area contributed by atoms with Crippen molar-refractivity contribution in [2.75, 3.05) is 13.1 Å². The summed E-state index contributed by atoms with van der Waals surface area (Å²) in [4.78, 5) is 2.64. The van der Waals surface area contributed by atoms with Crippen LogP contribution in [0.2, 0.25) is 0 Å². The maximum Gasteiger partial charge on any atom is 0.0488 e. The van der Waals surface area contributed by atoms with Crippen molar-refractivity contribution >= 4 is 10.9 Å². The molecule has 2 aromatic rings. The van der Waals surface area contributed by atoms with Gasteiger partial charge in [-0.05, 0) is 57.3 Å². The van der Waals surface area contributed by atoms with Gasteiger partial charge in [0.1, 0.15) is 0 Å². The topological polar surface area (TPSA) is 8.17 Å². The van der Waals surface area contributed by atoms with Crippen molar-refractivity contribution in [2.24, 2.45) is 0 Å². The normalized spacial score (nSPS) is 25.8. The van der Waals surface area contributed by atoms with Crippen LogP contribution in [0, 0.1) is 0 Å². The Hall–Kier alpha value is -1.28. The summed E-state index contributed by atoms with van der Waals surface area (Å²) in [6.07, 6.45) is 2.69. The maximum absolute atomic E-state index is 2.64. The van der Waals surface area contributed by atoms with E-state index in [0.29, 0.717) is 6.04 Å². The van der Waals surface area contributed by atoms with Crippen LogP contribution in [-0.4, -0.2) is 22.6 Å². The van der Waals surface area contributed by atoms with Crippen LogP contribution in [0.25, 0.3) is 10.9 Å². The average molecular weight is 254 g/mol. The number of nitrogens with zero attached hydrogens (tertiary/aromatic N) is 2. The highest BCUT2D eigenvalue weighted by Gasteiger charge is 2.32. The smallest absolute Gasteiger partial charge is 0.0488 e. The van der Waals surface area contributed by atoms with Crippen molar-refractivity contribution in [1.29, 1.82) is 0 Å². The predicted octanol–water partition coefficient (Wildman–Crippen LogP) is 3.92. The molecule has 0 spiro atoms. The lowest BCUT2D eigenvalue weighted by Crippen LogP contribution is -2.29. The molecule has 0 atom stereocenters. The van der Waals surface area contributed by atoms with Gasteiger partial charge in [-0.3, -0.25) is 4.90 Å². The quantitative estimate of drug-likeness (QED) is 0.749. The zero-order chi connectivity index (χ0) is 13.0. The molecule has 0 saturated carbocycles. The Kier molecular flexibility index (Phi) is 2.49. The van der Waals surface area contributed by atoms with Crippen LogP contribution in [0.5, 0.6) is 0 Å². The number of aromatic nitrogens is 1. The molecule has 1 fully saturated rings. The van der Waals surface area contributed by atoms with E-state index >= 15 is 0 Å². The zero-order valence-electron chi connectivity index (χ0n) is 11.9. The highest BCUT2D eigenvalue weighted by molar-refractivity contribution is 5.86. The van der Waals surface area contributed by atoms with Crippen molar-refractivity contribution in [3.8, 4) is 0 Å². The second-order valence-corrected chi connectivity index (χ2v) is 6.39. The SMILES string of the molecule is CC(C)n1c2c(c3ccccc31)C1CCN(CC1)C2. The van der Waals surface area contributed by atoms with E-state index in [0.717, 1.165) is 12.5 Å². The van der Waals surface area contributed by atoms with Crippen molar-refractivity contribution in [3.05, 3.63) is 35.5 Å². The molecule has 5 rings (SSSR count). The molecule has 3 aliphatic rings. The summed E-state index contributed by atoms with van der Waals surface area (Å²) >= 11 is 0. The van der Waals surface area contributed by atoms with Gasteiger partial charge in [0.15, 0.2) is 0 Å². The van der Waals surface area contributed by atoms with Gasteiger partial charge in [0.2, 0.25) is 0 Å². The lowest BCUT2D eigenvalue weighted by molar-refractivity contribution is 0.217. The Balaban J connectivity index is 2.06. The third-order valence-electron chi connectivity index (χ3n) is 4.94. The molecule has 19 heavy (non-hydrogen) atoms. The Labute approximate surface area is 115 Å². The fourth-order valence-electron chi connectivity index (χ4n) is 4.14. The van der Waals surface area contributed by atoms with E-state index in [-0.39, 0.29) is 0 Å². The van der Waals surface area contributed by atoms with Crippen LogP contribution < -0.4 is 0 Å². The van der Waals surface area contributed by atoms with Crippen molar-refractivity contribution in [1.82, 2.24) is 9.47 Å². The Morgan fingerprint density at radius 1 is 1.11 bits per heavy atom. The number of fused-ring (bicyclic) bond motifs is 3. The van der Waals surface area contributed by atoms with Gasteiger partial charge < -0.3 is 4.57 Å². The monoisotopic (exact) mass is 254 g/mol. The summed E-state index contributed by atoms with van der Waals surface area (Å²) < 4.78 is 2.58. The molecule has 0 aliphatic carbocycles. The van der Waals surface area contributed by atoms with E-state index in [2.05, 4.69) is 47.6 Å². The van der Waals surface area contributed by atoms with Gasteiger partial charge in [-0.25, -0.2) is 0 Å². The minimum absolute atomic E-state index is 0.548. The first-order valence-electron chi connectivity index (χ1n) is 7.59. The van der Waals surface area contributed by atoms with Crippen LogP contribution in [0.4, 0.5) is 0 Å². The summed E-state index contributed by atoms with van der Waals surface area (Å²) in [5, 5.41) is 1.51. The Bertz CT molecular complexity index is 615. The maximum atomic E-state index is 2.64. The van der Waals surface area contributed by atoms with Crippen LogP contribution in [0.3, 0.4) is 0 Å². The van der Waals surface area contributed by atoms with E-state index < -0.39 is 0 Å². The van der Waals surface area contributed by atoms with Gasteiger partial charge in [-0.2, -0.15) is 0 Å². The highest BCUT2D eigenvalue weighted by Crippen LogP contribution is 2.42. The van der Waals surface area contributed by atoms with E-state index in [1.54, 1.807) is 11.3 Å². The van der Waals surface area contributed by atoms with E-state index in [4.69, 9.17) is 0 Å². The second-order valence-electron chi connectivity index (χ2n) is 6.39. The zero-order valence-corrected chi connectivity index (χ0v) is 11.9. The van der Waals surface area contributed by atoms with Gasteiger partial charge in [0, 0.05) is 29.2 Å². The average Bonchev–Trinajstić information content (AvgIpc) is 2.53. The molecule has 1 aromatic carbocycles. The minimum Gasteiger partial charge on any atom is -0.341 e.